The van der Waals surface area contributed by atoms with Gasteiger partial charge in [0.15, 0.2) is 39.3 Å². The number of likely N-dealkylation sites (N-methyl/N-ethyl adjacent to an activating group) is 1. The molecule has 0 N–H and O–H groups in total. The lowest BCUT2D eigenvalue weighted by Crippen LogP contribution is -2.32. The minimum absolute atomic E-state index is 0.0717. The maximum atomic E-state index is 9.54. The topological polar surface area (TPSA) is 66.5 Å². The Bertz CT molecular complexity index is 983. The van der Waals surface area contributed by atoms with Gasteiger partial charge in [0.2, 0.25) is 0 Å². The van der Waals surface area contributed by atoms with E-state index < -0.39 is 0 Å². The zero-order chi connectivity index (χ0) is 28.7. The number of nitrogens with zero attached hydrogens (tertiary/aromatic N) is 1. The highest BCUT2D eigenvalue weighted by Crippen LogP contribution is 2.40. The van der Waals surface area contributed by atoms with Crippen molar-refractivity contribution in [1.82, 2.24) is 4.90 Å². The first-order valence-corrected chi connectivity index (χ1v) is 13.7. The van der Waals surface area contributed by atoms with Crippen molar-refractivity contribution in [3.05, 3.63) is 47.5 Å². The van der Waals surface area contributed by atoms with Crippen molar-refractivity contribution in [2.24, 2.45) is 5.92 Å². The van der Waals surface area contributed by atoms with Gasteiger partial charge in [-0.2, -0.15) is 0 Å². The molecular formula is C30H46BrNO6. The van der Waals surface area contributed by atoms with Gasteiger partial charge in [0.05, 0.1) is 28.4 Å². The van der Waals surface area contributed by atoms with Crippen molar-refractivity contribution in [3.63, 3.8) is 0 Å². The van der Waals surface area contributed by atoms with Crippen LogP contribution in [0.25, 0.3) is 0 Å². The molecule has 1 atom stereocenters. The highest BCUT2D eigenvalue weighted by molar-refractivity contribution is 9.06. The molecule has 2 rings (SSSR count). The quantitative estimate of drug-likeness (QED) is 0.237. The third-order valence-corrected chi connectivity index (χ3v) is 7.66. The maximum Gasteiger partial charge on any atom is 0.314 e. The fourth-order valence-electron chi connectivity index (χ4n) is 4.38. The van der Waals surface area contributed by atoms with E-state index in [1.165, 1.54) is 18.1 Å². The van der Waals surface area contributed by atoms with E-state index >= 15 is 0 Å². The average Bonchev–Trinajstić information content (AvgIpc) is 2.94. The smallest absolute Gasteiger partial charge is 0.314 e. The molecule has 0 bridgehead atoms. The molecule has 7 nitrogen and oxygen atoms in total. The fourth-order valence-corrected chi connectivity index (χ4v) is 4.38. The molecule has 0 aromatic heterocycles. The van der Waals surface area contributed by atoms with Gasteiger partial charge < -0.3 is 27.7 Å². The summed E-state index contributed by atoms with van der Waals surface area (Å²) in [6.07, 6.45) is 3.25. The molecule has 0 radical (unpaired) electrons. The first-order chi connectivity index (χ1) is 18.1. The number of hydrogen-bond acceptors (Lipinski definition) is 7. The predicted molar refractivity (Wildman–Crippen MR) is 157 cm³/mol. The van der Waals surface area contributed by atoms with Crippen LogP contribution in [0.5, 0.6) is 23.0 Å². The second kappa shape index (κ2) is 17.2. The van der Waals surface area contributed by atoms with Crippen molar-refractivity contribution in [3.8, 4) is 23.0 Å². The number of methoxy groups -OCH3 is 4. The monoisotopic (exact) mass is 595 g/mol. The average molecular weight is 597 g/mol. The zero-order valence-corrected chi connectivity index (χ0v) is 26.1. The first-order valence-electron chi connectivity index (χ1n) is 13.0. The van der Waals surface area contributed by atoms with Crippen LogP contribution >= 0.6 is 16.3 Å². The van der Waals surface area contributed by atoms with Crippen LogP contribution in [0.15, 0.2) is 36.4 Å². The van der Waals surface area contributed by atoms with E-state index in [0.717, 1.165) is 61.9 Å². The summed E-state index contributed by atoms with van der Waals surface area (Å²) in [4.78, 5) is 12.1. The third kappa shape index (κ3) is 10.0. The van der Waals surface area contributed by atoms with E-state index in [2.05, 4.69) is 76.9 Å². The van der Waals surface area contributed by atoms with Crippen molar-refractivity contribution >= 4 is 22.2 Å². The summed E-state index contributed by atoms with van der Waals surface area (Å²) in [5.41, 5.74) is 2.65. The van der Waals surface area contributed by atoms with Gasteiger partial charge in [0, 0.05) is 13.5 Å². The molecule has 1 unspecified atom stereocenters. The van der Waals surface area contributed by atoms with Crippen LogP contribution in [0.4, 0.5) is 0 Å². The van der Waals surface area contributed by atoms with Crippen LogP contribution in [-0.4, -0.2) is 58.9 Å². The van der Waals surface area contributed by atoms with Gasteiger partial charge in [0.1, 0.15) is 0 Å². The lowest BCUT2D eigenvalue weighted by Gasteiger charge is -2.36. The van der Waals surface area contributed by atoms with Crippen molar-refractivity contribution < 1.29 is 27.6 Å². The predicted octanol–water partition coefficient (Wildman–Crippen LogP) is 6.84. The molecule has 0 fully saturated rings. The van der Waals surface area contributed by atoms with E-state index in [-0.39, 0.29) is 11.4 Å². The van der Waals surface area contributed by atoms with E-state index in [9.17, 15) is 4.79 Å². The standard InChI is InChI=1S/C28H43NO4.C2H3BrO2/c1-9-29(18-15-22-11-13-24(30-5)26(19-22)32-7)17-10-16-28(4,21(2)3)23-12-14-25(31-6)27(20-23)33-8;1-2(4)5-3/h11-14,19-21H,9-10,15-18H2,1-8H3;1H3. The van der Waals surface area contributed by atoms with E-state index in [4.69, 9.17) is 18.9 Å². The van der Waals surface area contributed by atoms with Gasteiger partial charge in [-0.25, -0.2) is 0 Å². The first kappa shape index (κ1) is 33.6. The van der Waals surface area contributed by atoms with Crippen molar-refractivity contribution in [2.75, 3.05) is 48.1 Å². The van der Waals surface area contributed by atoms with Crippen LogP contribution in [0.2, 0.25) is 0 Å². The summed E-state index contributed by atoms with van der Waals surface area (Å²) in [5.74, 6) is 3.33. The van der Waals surface area contributed by atoms with Crippen LogP contribution in [0.3, 0.4) is 0 Å². The zero-order valence-electron chi connectivity index (χ0n) is 24.6. The molecule has 0 saturated heterocycles. The Morgan fingerprint density at radius 1 is 0.895 bits per heavy atom. The summed E-state index contributed by atoms with van der Waals surface area (Å²) in [7, 11) is 6.74. The van der Waals surface area contributed by atoms with Crippen LogP contribution < -0.4 is 18.9 Å². The SMILES string of the molecule is CC(=O)OBr.CCN(CCCC(C)(c1ccc(OC)c(OC)c1)C(C)C)CCc1ccc(OC)c(OC)c1. The van der Waals surface area contributed by atoms with Gasteiger partial charge in [-0.15, -0.1) is 0 Å². The molecule has 0 aliphatic carbocycles. The molecule has 2 aromatic carbocycles. The van der Waals surface area contributed by atoms with E-state index in [1.807, 2.05) is 12.1 Å². The largest absolute Gasteiger partial charge is 0.493 e. The summed E-state index contributed by atoms with van der Waals surface area (Å²) in [6.45, 7) is 13.7. The summed E-state index contributed by atoms with van der Waals surface area (Å²) in [6, 6.07) is 12.6. The van der Waals surface area contributed by atoms with E-state index in [1.54, 1.807) is 28.4 Å². The van der Waals surface area contributed by atoms with Crippen LogP contribution in [0, 0.1) is 5.92 Å². The van der Waals surface area contributed by atoms with Crippen LogP contribution in [0.1, 0.15) is 58.6 Å². The Hall–Kier alpha value is -2.45. The molecule has 38 heavy (non-hydrogen) atoms. The number of benzene rings is 2. The highest BCUT2D eigenvalue weighted by atomic mass is 79.9. The Morgan fingerprint density at radius 2 is 1.42 bits per heavy atom. The normalized spacial score (nSPS) is 12.3. The molecule has 214 valence electrons. The number of halogens is 1. The Balaban J connectivity index is 0.00000132. The molecule has 2 aromatic rings. The summed E-state index contributed by atoms with van der Waals surface area (Å²) >= 11 is 2.46. The number of carbonyl (C=O) groups is 1. The highest BCUT2D eigenvalue weighted by Gasteiger charge is 2.31. The van der Waals surface area contributed by atoms with Crippen molar-refractivity contribution in [1.29, 1.82) is 0 Å². The van der Waals surface area contributed by atoms with Gasteiger partial charge in [0.25, 0.3) is 0 Å². The Kier molecular flexibility index (Phi) is 15.2. The summed E-state index contributed by atoms with van der Waals surface area (Å²) in [5, 5.41) is 0. The van der Waals surface area contributed by atoms with Gasteiger partial charge in [-0.1, -0.05) is 39.8 Å². The second-order valence-electron chi connectivity index (χ2n) is 9.69. The molecular weight excluding hydrogens is 550 g/mol. The summed E-state index contributed by atoms with van der Waals surface area (Å²) < 4.78 is 25.7. The van der Waals surface area contributed by atoms with Crippen molar-refractivity contribution in [2.45, 2.75) is 59.3 Å². The Morgan fingerprint density at radius 3 is 1.89 bits per heavy atom. The molecule has 0 heterocycles. The maximum absolute atomic E-state index is 9.54. The molecule has 0 amide bonds. The van der Waals surface area contributed by atoms with Crippen LogP contribution in [-0.2, 0) is 20.5 Å². The Labute approximate surface area is 238 Å². The molecule has 0 aliphatic heterocycles. The lowest BCUT2D eigenvalue weighted by atomic mass is 9.70. The third-order valence-electron chi connectivity index (χ3n) is 7.21. The number of ether oxygens (including phenoxy) is 4. The van der Waals surface area contributed by atoms with Gasteiger partial charge in [-0.05, 0) is 79.1 Å². The molecule has 0 aliphatic rings. The lowest BCUT2D eigenvalue weighted by molar-refractivity contribution is -0.129. The number of hydrogen-bond donors (Lipinski definition) is 0. The minimum Gasteiger partial charge on any atom is -0.493 e. The number of carbonyl (C=O) groups excluding carboxylic acids is 1. The molecule has 0 saturated carbocycles. The van der Waals surface area contributed by atoms with E-state index in [0.29, 0.717) is 5.92 Å². The number of rotatable bonds is 14. The second-order valence-corrected chi connectivity index (χ2v) is 10.0. The van der Waals surface area contributed by atoms with Gasteiger partial charge >= 0.3 is 5.97 Å². The molecule has 0 spiro atoms. The molecule has 8 heteroatoms. The minimum atomic E-state index is -0.329. The van der Waals surface area contributed by atoms with Gasteiger partial charge in [-0.3, -0.25) is 4.79 Å². The fraction of sp³-hybridized carbons (Fsp3) is 0.567.